The van der Waals surface area contributed by atoms with E-state index in [9.17, 15) is 0 Å². The van der Waals surface area contributed by atoms with Gasteiger partial charge in [0, 0.05) is 0 Å². The van der Waals surface area contributed by atoms with Crippen LogP contribution in [0.4, 0.5) is 0 Å². The number of ether oxygens (including phenoxy) is 1. The van der Waals surface area contributed by atoms with Gasteiger partial charge >= 0.3 is 0 Å². The molecule has 0 aliphatic carbocycles. The van der Waals surface area contributed by atoms with E-state index in [1.807, 2.05) is 0 Å². The molecular weight excluding hydrogens is 92.1 g/mol. The first kappa shape index (κ1) is 2.35. The average molecular weight is 100 g/mol. The van der Waals surface area contributed by atoms with E-state index in [1.54, 1.807) is 0 Å². The maximum absolute atomic E-state index is 7.03. The predicted octanol–water partition coefficient (Wildman–Crippen LogP) is 0.418. The smallest absolute Gasteiger partial charge is 0.156 e. The van der Waals surface area contributed by atoms with Crippen molar-refractivity contribution in [3.05, 3.63) is 12.3 Å². The number of methoxy groups -OCH3 is 1. The van der Waals surface area contributed by atoms with E-state index in [0.29, 0.717) is 0 Å². The van der Waals surface area contributed by atoms with Crippen molar-refractivity contribution in [1.29, 1.82) is 0 Å². The second-order valence-corrected chi connectivity index (χ2v) is 0.994. The second-order valence-electron chi connectivity index (χ2n) is 0.994. The molecule has 38 valence electrons. The zero-order chi connectivity index (χ0) is 6.85. The molecule has 1 N–H and O–H groups in total. The number of nitrogens with one attached hydrogen (secondary N) is 1. The van der Waals surface area contributed by atoms with Crippen molar-refractivity contribution in [2.75, 3.05) is 7.11 Å². The summed E-state index contributed by atoms with van der Waals surface area (Å²) in [5.74, 6) is 0.190. The van der Waals surface area contributed by atoms with Gasteiger partial charge in [-0.3, -0.25) is 5.10 Å². The van der Waals surface area contributed by atoms with Crippen LogP contribution in [0.25, 0.3) is 0 Å². The molecule has 1 heterocycles. The molecular formula is C4H6N2O. The lowest BCUT2D eigenvalue weighted by Gasteiger charge is -1.85. The van der Waals surface area contributed by atoms with Crippen LogP contribution < -0.4 is 4.74 Å². The Labute approximate surface area is 44.1 Å². The minimum Gasteiger partial charge on any atom is -0.493 e. The Bertz CT molecular complexity index is 191. The summed E-state index contributed by atoms with van der Waals surface area (Å²) in [7, 11) is 1.40. The molecule has 7 heavy (non-hydrogen) atoms. The fourth-order valence-corrected chi connectivity index (χ4v) is 0.282. The average Bonchev–Trinajstić information content (AvgIpc) is 2.12. The molecule has 1 aromatic heterocycles. The van der Waals surface area contributed by atoms with E-state index in [0.717, 1.165) is 0 Å². The maximum atomic E-state index is 7.03. The van der Waals surface area contributed by atoms with Crippen LogP contribution in [0.1, 0.15) is 2.74 Å². The first-order chi connectivity index (χ1) is 4.25. The number of rotatable bonds is 1. The van der Waals surface area contributed by atoms with Gasteiger partial charge in [0.2, 0.25) is 0 Å². The Hall–Kier alpha value is -0.990. The van der Waals surface area contributed by atoms with Gasteiger partial charge in [-0.1, -0.05) is 0 Å². The molecule has 0 aliphatic rings. The monoisotopic (exact) mass is 100 g/mol. The highest BCUT2D eigenvalue weighted by molar-refractivity contribution is 5.09. The Morgan fingerprint density at radius 1 is 2.14 bits per heavy atom. The third-order valence-electron chi connectivity index (χ3n) is 0.587. The van der Waals surface area contributed by atoms with Gasteiger partial charge in [0.15, 0.2) is 5.75 Å². The lowest BCUT2D eigenvalue weighted by Crippen LogP contribution is -1.75. The zero-order valence-electron chi connectivity index (χ0n) is 5.86. The van der Waals surface area contributed by atoms with Gasteiger partial charge in [-0.2, -0.15) is 5.10 Å². The number of H-pyrrole nitrogens is 1. The fourth-order valence-electron chi connectivity index (χ4n) is 0.282. The summed E-state index contributed by atoms with van der Waals surface area (Å²) in [4.78, 5) is 0. The first-order valence-electron chi connectivity index (χ1n) is 2.81. The van der Waals surface area contributed by atoms with Gasteiger partial charge in [-0.25, -0.2) is 0 Å². The van der Waals surface area contributed by atoms with Crippen LogP contribution in [0.2, 0.25) is 0 Å². The predicted molar refractivity (Wildman–Crippen MR) is 25.1 cm³/mol. The van der Waals surface area contributed by atoms with Crippen molar-refractivity contribution in [2.24, 2.45) is 0 Å². The van der Waals surface area contributed by atoms with E-state index in [4.69, 9.17) is 2.74 Å². The third-order valence-corrected chi connectivity index (χ3v) is 0.587. The van der Waals surface area contributed by atoms with Crippen molar-refractivity contribution in [3.8, 4) is 5.75 Å². The summed E-state index contributed by atoms with van der Waals surface area (Å²) in [5.41, 5.74) is 0. The van der Waals surface area contributed by atoms with Crippen LogP contribution in [0.3, 0.4) is 0 Å². The maximum Gasteiger partial charge on any atom is 0.156 e. The van der Waals surface area contributed by atoms with Crippen molar-refractivity contribution >= 4 is 0 Å². The van der Waals surface area contributed by atoms with Crippen LogP contribution in [0, 0.1) is 0 Å². The highest BCUT2D eigenvalue weighted by Gasteiger charge is 1.83. The molecule has 0 spiro atoms. The van der Waals surface area contributed by atoms with Crippen LogP contribution in [0.5, 0.6) is 5.75 Å². The summed E-state index contributed by atoms with van der Waals surface area (Å²) < 4.78 is 18.7. The van der Waals surface area contributed by atoms with Gasteiger partial charge in [0.1, 0.15) is 0 Å². The molecule has 0 saturated heterocycles. The Balaban J connectivity index is 3.07. The number of aromatic nitrogens is 2. The van der Waals surface area contributed by atoms with Crippen LogP contribution in [-0.2, 0) is 0 Å². The van der Waals surface area contributed by atoms with E-state index in [-0.39, 0.29) is 18.1 Å². The molecule has 0 aromatic carbocycles. The van der Waals surface area contributed by atoms with Crippen molar-refractivity contribution in [3.63, 3.8) is 0 Å². The van der Waals surface area contributed by atoms with Gasteiger partial charge in [-0.15, -0.1) is 0 Å². The molecule has 0 fully saturated rings. The molecule has 0 atom stereocenters. The van der Waals surface area contributed by atoms with Gasteiger partial charge in [0.25, 0.3) is 0 Å². The Morgan fingerprint density at radius 2 is 3.00 bits per heavy atom. The van der Waals surface area contributed by atoms with Crippen molar-refractivity contribution < 1.29 is 7.48 Å². The zero-order valence-corrected chi connectivity index (χ0v) is 3.86. The number of nitrogens with zero attached hydrogens (tertiary/aromatic N) is 1. The van der Waals surface area contributed by atoms with Crippen LogP contribution in [0.15, 0.2) is 12.3 Å². The number of aromatic amines is 1. The first-order valence-corrected chi connectivity index (χ1v) is 1.81. The molecule has 0 amide bonds. The Kier molecular flexibility index (Phi) is 0.551. The summed E-state index contributed by atoms with van der Waals surface area (Å²) in [6, 6.07) is 0. The number of hydrogen-bond acceptors (Lipinski definition) is 2. The molecule has 0 saturated carbocycles. The fraction of sp³-hybridized carbons (Fsp3) is 0.250. The van der Waals surface area contributed by atoms with E-state index in [1.165, 1.54) is 7.11 Å². The van der Waals surface area contributed by atoms with E-state index >= 15 is 0 Å². The molecule has 1 aromatic rings. The Morgan fingerprint density at radius 3 is 3.29 bits per heavy atom. The standard InChI is InChI=1S/C4H6N2O/c1-7-4-2-5-6-3-4/h2-3H,1H3,(H,5,6)/i2D,3D. The van der Waals surface area contributed by atoms with Crippen LogP contribution in [-0.4, -0.2) is 17.3 Å². The van der Waals surface area contributed by atoms with Crippen LogP contribution >= 0.6 is 0 Å². The minimum atomic E-state index is -0.0255. The molecule has 0 unspecified atom stereocenters. The highest BCUT2D eigenvalue weighted by atomic mass is 16.5. The van der Waals surface area contributed by atoms with Crippen molar-refractivity contribution in [1.82, 2.24) is 10.2 Å². The summed E-state index contributed by atoms with van der Waals surface area (Å²) >= 11 is 0. The normalized spacial score (nSPS) is 12.7. The minimum absolute atomic E-state index is 0.0255. The molecule has 1 rings (SSSR count). The van der Waals surface area contributed by atoms with Gasteiger partial charge in [0.05, 0.1) is 22.2 Å². The highest BCUT2D eigenvalue weighted by Crippen LogP contribution is 2.00. The summed E-state index contributed by atoms with van der Waals surface area (Å²) in [6.45, 7) is 0. The lowest BCUT2D eigenvalue weighted by atomic mass is 10.7. The molecule has 3 nitrogen and oxygen atoms in total. The second kappa shape index (κ2) is 1.64. The summed E-state index contributed by atoms with van der Waals surface area (Å²) in [5, 5.41) is 5.71. The lowest BCUT2D eigenvalue weighted by molar-refractivity contribution is 0.415. The molecule has 0 bridgehead atoms. The SMILES string of the molecule is [2H]c1n[nH]c([2H])c1OC. The van der Waals surface area contributed by atoms with E-state index in [2.05, 4.69) is 14.9 Å². The van der Waals surface area contributed by atoms with Crippen molar-refractivity contribution in [2.45, 2.75) is 0 Å². The van der Waals surface area contributed by atoms with E-state index < -0.39 is 0 Å². The molecule has 0 aliphatic heterocycles. The quantitative estimate of drug-likeness (QED) is 0.555. The van der Waals surface area contributed by atoms with Gasteiger partial charge < -0.3 is 4.74 Å². The molecule has 3 heteroatoms. The largest absolute Gasteiger partial charge is 0.493 e. The third kappa shape index (κ3) is 0.707. The topological polar surface area (TPSA) is 37.9 Å². The molecule has 0 radical (unpaired) electrons. The van der Waals surface area contributed by atoms with Gasteiger partial charge in [-0.05, 0) is 0 Å². The number of hydrogen-bond donors (Lipinski definition) is 1. The summed E-state index contributed by atoms with van der Waals surface area (Å²) in [6.07, 6.45) is 0.0185.